The highest BCUT2D eigenvalue weighted by molar-refractivity contribution is 5.07. The predicted molar refractivity (Wildman–Crippen MR) is 58.6 cm³/mol. The molecule has 0 aromatic carbocycles. The number of allylic oxidation sites excluding steroid dienone is 2. The second-order valence-corrected chi connectivity index (χ2v) is 4.46. The topological polar surface area (TPSA) is 20.2 Å². The molecule has 1 heteroatoms. The van der Waals surface area contributed by atoms with Gasteiger partial charge in [0.05, 0.1) is 5.60 Å². The number of aliphatic hydroxyl groups is 1. The molecule has 0 bridgehead atoms. The van der Waals surface area contributed by atoms with Crippen LogP contribution in [0.1, 0.15) is 34.6 Å². The van der Waals surface area contributed by atoms with Crippen LogP contribution in [0.5, 0.6) is 0 Å². The molecule has 0 heterocycles. The van der Waals surface area contributed by atoms with E-state index in [0.29, 0.717) is 5.92 Å². The van der Waals surface area contributed by atoms with Crippen molar-refractivity contribution in [3.8, 4) is 0 Å². The molecule has 2 atom stereocenters. The Labute approximate surface area is 82.2 Å². The molecule has 0 fully saturated rings. The molecule has 0 spiro atoms. The molecular weight excluding hydrogens is 160 g/mol. The van der Waals surface area contributed by atoms with Gasteiger partial charge in [-0.05, 0) is 26.7 Å². The highest BCUT2D eigenvalue weighted by atomic mass is 16.3. The first kappa shape index (κ1) is 12.4. The zero-order valence-corrected chi connectivity index (χ0v) is 9.46. The quantitative estimate of drug-likeness (QED) is 0.662. The maximum absolute atomic E-state index is 9.66. The minimum atomic E-state index is -0.634. The van der Waals surface area contributed by atoms with E-state index in [9.17, 15) is 5.11 Å². The van der Waals surface area contributed by atoms with Crippen molar-refractivity contribution in [1.29, 1.82) is 0 Å². The third-order valence-electron chi connectivity index (χ3n) is 2.58. The average Bonchev–Trinajstić information content (AvgIpc) is 1.97. The number of hydrogen-bond donors (Lipinski definition) is 1. The molecule has 0 aliphatic carbocycles. The lowest BCUT2D eigenvalue weighted by Crippen LogP contribution is -2.26. The van der Waals surface area contributed by atoms with Crippen molar-refractivity contribution in [3.05, 3.63) is 24.3 Å². The molecule has 0 radical (unpaired) electrons. The summed E-state index contributed by atoms with van der Waals surface area (Å²) in [4.78, 5) is 0. The maximum atomic E-state index is 9.66. The Morgan fingerprint density at radius 2 is 1.77 bits per heavy atom. The van der Waals surface area contributed by atoms with Crippen molar-refractivity contribution in [3.63, 3.8) is 0 Å². The standard InChI is InChI=1S/C12H22O/c1-9(2)10(3)7-8-11(4)12(5,6)13/h7-8,10-11,13H,1H2,2-6H3. The van der Waals surface area contributed by atoms with E-state index in [1.54, 1.807) is 0 Å². The van der Waals surface area contributed by atoms with E-state index >= 15 is 0 Å². The first-order valence-corrected chi connectivity index (χ1v) is 4.81. The molecule has 1 nitrogen and oxygen atoms in total. The Morgan fingerprint density at radius 1 is 1.31 bits per heavy atom. The first-order chi connectivity index (χ1) is 5.75. The van der Waals surface area contributed by atoms with Crippen molar-refractivity contribution in [1.82, 2.24) is 0 Å². The summed E-state index contributed by atoms with van der Waals surface area (Å²) in [6.07, 6.45) is 4.16. The van der Waals surface area contributed by atoms with Crippen molar-refractivity contribution < 1.29 is 5.11 Å². The second-order valence-electron chi connectivity index (χ2n) is 4.46. The van der Waals surface area contributed by atoms with Gasteiger partial charge >= 0.3 is 0 Å². The van der Waals surface area contributed by atoms with Gasteiger partial charge in [0.2, 0.25) is 0 Å². The summed E-state index contributed by atoms with van der Waals surface area (Å²) in [5.41, 5.74) is 0.518. The van der Waals surface area contributed by atoms with E-state index in [4.69, 9.17) is 0 Å². The molecule has 0 aliphatic heterocycles. The van der Waals surface area contributed by atoms with E-state index in [-0.39, 0.29) is 5.92 Å². The molecule has 0 aliphatic rings. The van der Waals surface area contributed by atoms with Crippen molar-refractivity contribution in [2.45, 2.75) is 40.2 Å². The fourth-order valence-corrected chi connectivity index (χ4v) is 0.733. The molecule has 0 rings (SSSR count). The molecule has 0 amide bonds. The van der Waals surface area contributed by atoms with Crippen molar-refractivity contribution in [2.75, 3.05) is 0 Å². The van der Waals surface area contributed by atoms with Crippen LogP contribution >= 0.6 is 0 Å². The van der Waals surface area contributed by atoms with Crippen LogP contribution in [0.15, 0.2) is 24.3 Å². The van der Waals surface area contributed by atoms with Gasteiger partial charge in [-0.2, -0.15) is 0 Å². The Bertz CT molecular complexity index is 196. The predicted octanol–water partition coefficient (Wildman–Crippen LogP) is 3.16. The van der Waals surface area contributed by atoms with E-state index in [0.717, 1.165) is 5.57 Å². The molecule has 0 saturated heterocycles. The lowest BCUT2D eigenvalue weighted by Gasteiger charge is -2.23. The zero-order valence-electron chi connectivity index (χ0n) is 9.46. The Morgan fingerprint density at radius 3 is 2.08 bits per heavy atom. The molecule has 13 heavy (non-hydrogen) atoms. The molecular formula is C12H22O. The molecule has 0 saturated carbocycles. The highest BCUT2D eigenvalue weighted by Crippen LogP contribution is 2.18. The van der Waals surface area contributed by atoms with Crippen LogP contribution in [-0.4, -0.2) is 10.7 Å². The molecule has 1 N–H and O–H groups in total. The van der Waals surface area contributed by atoms with Gasteiger partial charge in [-0.1, -0.05) is 38.2 Å². The summed E-state index contributed by atoms with van der Waals surface area (Å²) in [6.45, 7) is 13.7. The summed E-state index contributed by atoms with van der Waals surface area (Å²) >= 11 is 0. The summed E-state index contributed by atoms with van der Waals surface area (Å²) < 4.78 is 0. The van der Waals surface area contributed by atoms with Gasteiger partial charge in [0.15, 0.2) is 0 Å². The van der Waals surface area contributed by atoms with Crippen LogP contribution in [0.4, 0.5) is 0 Å². The average molecular weight is 182 g/mol. The minimum Gasteiger partial charge on any atom is -0.390 e. The van der Waals surface area contributed by atoms with Gasteiger partial charge in [-0.15, -0.1) is 0 Å². The Hall–Kier alpha value is -0.560. The normalized spacial score (nSPS) is 17.4. The Kier molecular flexibility index (Phi) is 4.41. The largest absolute Gasteiger partial charge is 0.390 e. The van der Waals surface area contributed by atoms with Gasteiger partial charge in [0.25, 0.3) is 0 Å². The number of hydrogen-bond acceptors (Lipinski definition) is 1. The lowest BCUT2D eigenvalue weighted by molar-refractivity contribution is 0.0439. The lowest BCUT2D eigenvalue weighted by atomic mass is 9.91. The van der Waals surface area contributed by atoms with Gasteiger partial charge in [0.1, 0.15) is 0 Å². The zero-order chi connectivity index (χ0) is 10.6. The van der Waals surface area contributed by atoms with Crippen LogP contribution in [0.3, 0.4) is 0 Å². The van der Waals surface area contributed by atoms with Crippen molar-refractivity contribution >= 4 is 0 Å². The second kappa shape index (κ2) is 4.61. The highest BCUT2D eigenvalue weighted by Gasteiger charge is 2.19. The molecule has 2 unspecified atom stereocenters. The van der Waals surface area contributed by atoms with E-state index in [1.165, 1.54) is 0 Å². The van der Waals surface area contributed by atoms with Gasteiger partial charge in [-0.25, -0.2) is 0 Å². The SMILES string of the molecule is C=C(C)C(C)C=CC(C)C(C)(C)O. The van der Waals surface area contributed by atoms with Crippen LogP contribution in [0.25, 0.3) is 0 Å². The van der Waals surface area contributed by atoms with Crippen LogP contribution in [0, 0.1) is 11.8 Å². The molecule has 0 aromatic rings. The monoisotopic (exact) mass is 182 g/mol. The van der Waals surface area contributed by atoms with Crippen LogP contribution < -0.4 is 0 Å². The van der Waals surface area contributed by atoms with Gasteiger partial charge in [-0.3, -0.25) is 0 Å². The molecule has 76 valence electrons. The summed E-state index contributed by atoms with van der Waals surface area (Å²) in [7, 11) is 0. The minimum absolute atomic E-state index is 0.175. The summed E-state index contributed by atoms with van der Waals surface area (Å²) in [5, 5.41) is 9.66. The molecule has 0 aromatic heterocycles. The van der Waals surface area contributed by atoms with E-state index in [2.05, 4.69) is 25.7 Å². The van der Waals surface area contributed by atoms with Gasteiger partial charge in [0, 0.05) is 5.92 Å². The number of rotatable bonds is 4. The Balaban J connectivity index is 4.20. The van der Waals surface area contributed by atoms with Crippen LogP contribution in [-0.2, 0) is 0 Å². The van der Waals surface area contributed by atoms with Crippen LogP contribution in [0.2, 0.25) is 0 Å². The third-order valence-corrected chi connectivity index (χ3v) is 2.58. The maximum Gasteiger partial charge on any atom is 0.0651 e. The third kappa shape index (κ3) is 4.89. The fraction of sp³-hybridized carbons (Fsp3) is 0.667. The summed E-state index contributed by atoms with van der Waals surface area (Å²) in [6, 6.07) is 0. The van der Waals surface area contributed by atoms with E-state index < -0.39 is 5.60 Å². The van der Waals surface area contributed by atoms with E-state index in [1.807, 2.05) is 27.7 Å². The van der Waals surface area contributed by atoms with Crippen molar-refractivity contribution in [2.24, 2.45) is 11.8 Å². The smallest absolute Gasteiger partial charge is 0.0651 e. The fourth-order valence-electron chi connectivity index (χ4n) is 0.733. The summed E-state index contributed by atoms with van der Waals surface area (Å²) in [5.74, 6) is 0.569. The van der Waals surface area contributed by atoms with Gasteiger partial charge < -0.3 is 5.11 Å². The first-order valence-electron chi connectivity index (χ1n) is 4.81.